The smallest absolute Gasteiger partial charge is 0.221 e. The summed E-state index contributed by atoms with van der Waals surface area (Å²) < 4.78 is 0. The first-order valence-corrected chi connectivity index (χ1v) is 8.58. The van der Waals surface area contributed by atoms with Crippen molar-refractivity contribution in [3.8, 4) is 0 Å². The predicted molar refractivity (Wildman–Crippen MR) is 101 cm³/mol. The Morgan fingerprint density at radius 1 is 1.21 bits per heavy atom. The molecule has 1 aliphatic rings. The van der Waals surface area contributed by atoms with Gasteiger partial charge < -0.3 is 5.32 Å². The normalized spacial score (nSPS) is 15.6. The van der Waals surface area contributed by atoms with Crippen molar-refractivity contribution in [3.05, 3.63) is 59.7 Å². The lowest BCUT2D eigenvalue weighted by atomic mass is 10.1. The zero-order valence-corrected chi connectivity index (χ0v) is 14.4. The molecule has 0 bridgehead atoms. The van der Waals surface area contributed by atoms with Gasteiger partial charge in [-0.2, -0.15) is 5.10 Å². The number of carbonyl (C=O) groups excluding carboxylic acids is 1. The molecular weight excluding hydrogens is 320 g/mol. The Morgan fingerprint density at radius 3 is 2.58 bits per heavy atom. The number of amides is 1. The van der Waals surface area contributed by atoms with Gasteiger partial charge in [0, 0.05) is 18.4 Å². The number of nitrogens with one attached hydrogen (secondary N) is 2. The third-order valence-electron chi connectivity index (χ3n) is 3.51. The van der Waals surface area contributed by atoms with Gasteiger partial charge in [-0.25, -0.2) is 4.99 Å². The molecule has 1 aliphatic heterocycles. The third kappa shape index (κ3) is 4.02. The van der Waals surface area contributed by atoms with E-state index < -0.39 is 0 Å². The molecule has 2 N–H and O–H groups in total. The van der Waals surface area contributed by atoms with E-state index in [9.17, 15) is 4.79 Å². The second kappa shape index (κ2) is 7.31. The molecule has 0 unspecified atom stereocenters. The quantitative estimate of drug-likeness (QED) is 0.897. The zero-order valence-electron chi connectivity index (χ0n) is 13.5. The second-order valence-corrected chi connectivity index (χ2v) is 6.39. The number of hydrazone groups is 1. The number of rotatable bonds is 3. The minimum atomic E-state index is -0.0768. The van der Waals surface area contributed by atoms with E-state index in [1.807, 2.05) is 55.5 Å². The van der Waals surface area contributed by atoms with Crippen LogP contribution in [0.4, 0.5) is 11.4 Å². The lowest BCUT2D eigenvalue weighted by molar-refractivity contribution is -0.114. The van der Waals surface area contributed by atoms with E-state index in [0.29, 0.717) is 0 Å². The summed E-state index contributed by atoms with van der Waals surface area (Å²) in [7, 11) is 0. The van der Waals surface area contributed by atoms with Crippen LogP contribution in [0, 0.1) is 6.92 Å². The van der Waals surface area contributed by atoms with Gasteiger partial charge in [-0.3, -0.25) is 10.2 Å². The second-order valence-electron chi connectivity index (χ2n) is 5.42. The minimum absolute atomic E-state index is 0.0768. The first kappa shape index (κ1) is 16.3. The van der Waals surface area contributed by atoms with Gasteiger partial charge in [0.2, 0.25) is 5.91 Å². The molecule has 1 heterocycles. The lowest BCUT2D eigenvalue weighted by Gasteiger charge is -2.15. The van der Waals surface area contributed by atoms with Crippen LogP contribution >= 0.6 is 11.8 Å². The molecule has 2 aromatic carbocycles. The maximum absolute atomic E-state index is 11.0. The molecule has 0 radical (unpaired) electrons. The summed E-state index contributed by atoms with van der Waals surface area (Å²) in [5, 5.41) is 7.98. The largest absolute Gasteiger partial charge is 0.326 e. The van der Waals surface area contributed by atoms with Crippen molar-refractivity contribution in [1.29, 1.82) is 0 Å². The Labute approximate surface area is 145 Å². The summed E-state index contributed by atoms with van der Waals surface area (Å²) in [6, 6.07) is 15.7. The predicted octanol–water partition coefficient (Wildman–Crippen LogP) is 3.68. The number of amidine groups is 1. The topological polar surface area (TPSA) is 65.8 Å². The zero-order chi connectivity index (χ0) is 16.9. The van der Waals surface area contributed by atoms with E-state index in [1.165, 1.54) is 6.92 Å². The third-order valence-corrected chi connectivity index (χ3v) is 4.38. The van der Waals surface area contributed by atoms with Crippen molar-refractivity contribution in [2.75, 3.05) is 11.1 Å². The molecule has 0 fully saturated rings. The van der Waals surface area contributed by atoms with Crippen molar-refractivity contribution in [1.82, 2.24) is 5.43 Å². The molecule has 2 aromatic rings. The highest BCUT2D eigenvalue weighted by Crippen LogP contribution is 2.21. The summed E-state index contributed by atoms with van der Waals surface area (Å²) in [4.78, 5) is 15.7. The van der Waals surface area contributed by atoms with Crippen molar-refractivity contribution < 1.29 is 4.79 Å². The van der Waals surface area contributed by atoms with Crippen LogP contribution in [0.1, 0.15) is 18.1 Å². The fraction of sp³-hybridized carbons (Fsp3) is 0.167. The standard InChI is InChI=1S/C18H18N4OS/c1-12-5-3-4-6-16(12)20-18-22-21-17(11-24-18)14-7-9-15(10-8-14)19-13(2)23/h3-10H,11H2,1-2H3,(H,19,23)(H,20,22). The van der Waals surface area contributed by atoms with Gasteiger partial charge in [0.25, 0.3) is 0 Å². The van der Waals surface area contributed by atoms with Crippen LogP contribution in [-0.2, 0) is 4.79 Å². The van der Waals surface area contributed by atoms with Gasteiger partial charge in [0.1, 0.15) is 0 Å². The number of nitrogens with zero attached hydrogens (tertiary/aromatic N) is 2. The molecule has 0 saturated carbocycles. The molecule has 0 saturated heterocycles. The van der Waals surface area contributed by atoms with Crippen LogP contribution in [-0.4, -0.2) is 22.5 Å². The van der Waals surface area contributed by atoms with E-state index in [1.54, 1.807) is 11.8 Å². The van der Waals surface area contributed by atoms with Crippen molar-refractivity contribution in [2.24, 2.45) is 10.1 Å². The Balaban J connectivity index is 1.71. The highest BCUT2D eigenvalue weighted by atomic mass is 32.2. The van der Waals surface area contributed by atoms with E-state index >= 15 is 0 Å². The summed E-state index contributed by atoms with van der Waals surface area (Å²) in [6.07, 6.45) is 0. The van der Waals surface area contributed by atoms with Gasteiger partial charge >= 0.3 is 0 Å². The van der Waals surface area contributed by atoms with Gasteiger partial charge in [0.15, 0.2) is 5.17 Å². The van der Waals surface area contributed by atoms with Crippen molar-refractivity contribution >= 4 is 39.9 Å². The molecule has 0 atom stereocenters. The Kier molecular flexibility index (Phi) is 4.96. The van der Waals surface area contributed by atoms with Crippen LogP contribution in [0.5, 0.6) is 0 Å². The number of hydrogen-bond donors (Lipinski definition) is 2. The van der Waals surface area contributed by atoms with Crippen molar-refractivity contribution in [2.45, 2.75) is 13.8 Å². The van der Waals surface area contributed by atoms with Gasteiger partial charge in [-0.05, 0) is 36.2 Å². The molecule has 0 spiro atoms. The van der Waals surface area contributed by atoms with E-state index in [0.717, 1.165) is 39.1 Å². The Bertz CT molecular complexity index is 812. The number of aryl methyl sites for hydroxylation is 1. The van der Waals surface area contributed by atoms with Crippen LogP contribution in [0.15, 0.2) is 58.6 Å². The van der Waals surface area contributed by atoms with Gasteiger partial charge in [-0.1, -0.05) is 42.1 Å². The Morgan fingerprint density at radius 2 is 1.96 bits per heavy atom. The molecule has 24 heavy (non-hydrogen) atoms. The molecule has 0 aliphatic carbocycles. The van der Waals surface area contributed by atoms with E-state index in [4.69, 9.17) is 0 Å². The highest BCUT2D eigenvalue weighted by molar-refractivity contribution is 8.14. The number of hydrogen-bond acceptors (Lipinski definition) is 4. The first-order chi connectivity index (χ1) is 11.6. The van der Waals surface area contributed by atoms with Crippen LogP contribution in [0.2, 0.25) is 0 Å². The van der Waals surface area contributed by atoms with E-state index in [-0.39, 0.29) is 5.91 Å². The van der Waals surface area contributed by atoms with Crippen molar-refractivity contribution in [3.63, 3.8) is 0 Å². The monoisotopic (exact) mass is 338 g/mol. The average molecular weight is 338 g/mol. The fourth-order valence-electron chi connectivity index (χ4n) is 2.27. The summed E-state index contributed by atoms with van der Waals surface area (Å²) >= 11 is 1.62. The van der Waals surface area contributed by atoms with Gasteiger partial charge in [0.05, 0.1) is 11.4 Å². The number of thioether (sulfide) groups is 1. The Hall–Kier alpha value is -2.60. The van der Waals surface area contributed by atoms with E-state index in [2.05, 4.69) is 20.8 Å². The highest BCUT2D eigenvalue weighted by Gasteiger charge is 2.13. The van der Waals surface area contributed by atoms with Crippen LogP contribution in [0.25, 0.3) is 0 Å². The number of para-hydroxylation sites is 1. The molecular formula is C18H18N4OS. The summed E-state index contributed by atoms with van der Waals surface area (Å²) in [5.41, 5.74) is 7.87. The number of carbonyl (C=O) groups is 1. The maximum Gasteiger partial charge on any atom is 0.221 e. The minimum Gasteiger partial charge on any atom is -0.326 e. The number of aliphatic imine (C=N–C) groups is 1. The number of anilines is 1. The lowest BCUT2D eigenvalue weighted by Crippen LogP contribution is -2.25. The summed E-state index contributed by atoms with van der Waals surface area (Å²) in [6.45, 7) is 3.53. The molecule has 3 rings (SSSR count). The number of benzene rings is 2. The first-order valence-electron chi connectivity index (χ1n) is 7.59. The molecule has 6 heteroatoms. The average Bonchev–Trinajstić information content (AvgIpc) is 2.58. The molecule has 0 aromatic heterocycles. The molecule has 122 valence electrons. The van der Waals surface area contributed by atoms with Crippen LogP contribution < -0.4 is 10.7 Å². The SMILES string of the molecule is CC(=O)Nc1ccc(C2=NNC(=Nc3ccccc3C)SC2)cc1. The maximum atomic E-state index is 11.0. The molecule has 5 nitrogen and oxygen atoms in total. The fourth-order valence-corrected chi connectivity index (χ4v) is 3.05. The van der Waals surface area contributed by atoms with Gasteiger partial charge in [-0.15, -0.1) is 0 Å². The molecule has 1 amide bonds. The summed E-state index contributed by atoms with van der Waals surface area (Å²) in [5.74, 6) is 0.670. The van der Waals surface area contributed by atoms with Crippen LogP contribution in [0.3, 0.4) is 0 Å².